The van der Waals surface area contributed by atoms with E-state index in [9.17, 15) is 35.9 Å². The minimum Gasteiger partial charge on any atom is -0.768 e. The van der Waals surface area contributed by atoms with Crippen LogP contribution in [0.1, 0.15) is 32.1 Å². The Bertz CT molecular complexity index is 476. The summed E-state index contributed by atoms with van der Waals surface area (Å²) in [5.41, 5.74) is 0. The van der Waals surface area contributed by atoms with E-state index in [0.717, 1.165) is 0 Å². The summed E-state index contributed by atoms with van der Waals surface area (Å²) in [6, 6.07) is 0. The molecule has 134 valence electrons. The van der Waals surface area contributed by atoms with Crippen LogP contribution in [0.2, 0.25) is 0 Å². The van der Waals surface area contributed by atoms with Crippen molar-refractivity contribution in [2.45, 2.75) is 43.3 Å². The molecule has 11 heteroatoms. The minimum atomic E-state index is -5.25. The van der Waals surface area contributed by atoms with Gasteiger partial charge >= 0.3 is 23.1 Å². The van der Waals surface area contributed by atoms with Crippen LogP contribution in [0.3, 0.4) is 0 Å². The van der Waals surface area contributed by atoms with Crippen molar-refractivity contribution in [3.05, 3.63) is 0 Å². The van der Waals surface area contributed by atoms with Crippen LogP contribution in [-0.4, -0.2) is 43.6 Å². The van der Waals surface area contributed by atoms with Gasteiger partial charge in [-0.15, -0.1) is 0 Å². The molecule has 0 aliphatic heterocycles. The lowest BCUT2D eigenvalue weighted by atomic mass is 9.82. The fourth-order valence-corrected chi connectivity index (χ4v) is 2.59. The number of rotatable bonds is 7. The lowest BCUT2D eigenvalue weighted by Gasteiger charge is -2.28. The number of carbonyl (C=O) groups is 2. The first-order chi connectivity index (χ1) is 10.5. The van der Waals surface area contributed by atoms with Crippen LogP contribution in [0.5, 0.6) is 0 Å². The molecule has 1 fully saturated rings. The number of hydrogen-bond acceptors (Lipinski definition) is 5. The van der Waals surface area contributed by atoms with Crippen molar-refractivity contribution >= 4 is 23.0 Å². The molecule has 1 N–H and O–H groups in total. The second-order valence-corrected chi connectivity index (χ2v) is 6.24. The van der Waals surface area contributed by atoms with Crippen molar-refractivity contribution in [1.82, 2.24) is 0 Å². The van der Waals surface area contributed by atoms with Gasteiger partial charge < -0.3 is 14.4 Å². The number of halogens is 4. The summed E-state index contributed by atoms with van der Waals surface area (Å²) in [7, 11) is 0. The molecule has 1 aliphatic carbocycles. The molecule has 0 aromatic heterocycles. The van der Waals surface area contributed by atoms with E-state index in [4.69, 9.17) is 5.11 Å². The second-order valence-electron chi connectivity index (χ2n) is 5.26. The maximum absolute atomic E-state index is 13.1. The third-order valence-corrected chi connectivity index (χ3v) is 4.42. The molecule has 0 amide bonds. The zero-order chi connectivity index (χ0) is 17.8. The van der Waals surface area contributed by atoms with E-state index in [1.807, 2.05) is 0 Å². The van der Waals surface area contributed by atoms with Gasteiger partial charge in [0, 0.05) is 11.1 Å². The standard InChI is InChI=1S/C12H16F4O6S/c13-11(14,12(15,16)23(20)21)5-6-22-10(19)8-3-1-7(2-4-8)9(17)18/h7-8H,1-6H2,(H,17,18)(H,20,21)/p-1. The fraction of sp³-hybridized carbons (Fsp3) is 0.833. The van der Waals surface area contributed by atoms with E-state index in [1.54, 1.807) is 0 Å². The molecule has 0 aromatic carbocycles. The predicted octanol–water partition coefficient (Wildman–Crippen LogP) is 1.92. The summed E-state index contributed by atoms with van der Waals surface area (Å²) >= 11 is -4.30. The van der Waals surface area contributed by atoms with E-state index < -0.39 is 59.1 Å². The summed E-state index contributed by atoms with van der Waals surface area (Å²) < 4.78 is 76.4. The Morgan fingerprint density at radius 3 is 2.04 bits per heavy atom. The number of carboxylic acid groups (broad SMARTS) is 1. The molecule has 1 aliphatic rings. The largest absolute Gasteiger partial charge is 0.768 e. The number of hydrogen-bond donors (Lipinski definition) is 1. The highest BCUT2D eigenvalue weighted by Crippen LogP contribution is 2.39. The first-order valence-electron chi connectivity index (χ1n) is 6.73. The normalized spacial score (nSPS) is 24.0. The zero-order valence-corrected chi connectivity index (χ0v) is 12.6. The Kier molecular flexibility index (Phi) is 6.51. The Morgan fingerprint density at radius 1 is 1.13 bits per heavy atom. The lowest BCUT2D eigenvalue weighted by molar-refractivity contribution is -0.174. The summed E-state index contributed by atoms with van der Waals surface area (Å²) in [5, 5.41) is 3.54. The molecule has 23 heavy (non-hydrogen) atoms. The van der Waals surface area contributed by atoms with Crippen LogP contribution in [0.15, 0.2) is 0 Å². The molecule has 1 unspecified atom stereocenters. The average Bonchev–Trinajstić information content (AvgIpc) is 2.46. The molecular weight excluding hydrogens is 348 g/mol. The predicted molar refractivity (Wildman–Crippen MR) is 67.5 cm³/mol. The SMILES string of the molecule is O=C(O)C1CCC(C(=O)OCCC(F)(F)C(F)(F)S(=O)[O-])CC1. The van der Waals surface area contributed by atoms with Gasteiger partial charge in [-0.05, 0) is 25.7 Å². The van der Waals surface area contributed by atoms with E-state index in [-0.39, 0.29) is 25.7 Å². The summed E-state index contributed by atoms with van der Waals surface area (Å²) in [6.07, 6.45) is -0.763. The molecule has 0 saturated heterocycles. The quantitative estimate of drug-likeness (QED) is 0.421. The molecule has 0 radical (unpaired) electrons. The third-order valence-electron chi connectivity index (χ3n) is 3.71. The monoisotopic (exact) mass is 363 g/mol. The Balaban J connectivity index is 2.43. The van der Waals surface area contributed by atoms with Crippen molar-refractivity contribution in [3.8, 4) is 0 Å². The van der Waals surface area contributed by atoms with E-state index in [0.29, 0.717) is 0 Å². The molecule has 1 saturated carbocycles. The summed E-state index contributed by atoms with van der Waals surface area (Å²) in [6.45, 7) is -1.06. The summed E-state index contributed by atoms with van der Waals surface area (Å²) in [4.78, 5) is 22.4. The Hall–Kier alpha value is -1.23. The number of carbonyl (C=O) groups excluding carboxylic acids is 1. The molecular formula is C12H15F4O6S-. The molecule has 6 nitrogen and oxygen atoms in total. The van der Waals surface area contributed by atoms with Crippen molar-refractivity contribution in [1.29, 1.82) is 0 Å². The lowest BCUT2D eigenvalue weighted by Crippen LogP contribution is -2.44. The third kappa shape index (κ3) is 4.87. The Labute approximate surface area is 131 Å². The van der Waals surface area contributed by atoms with Crippen LogP contribution >= 0.6 is 0 Å². The number of carboxylic acids is 1. The number of ether oxygens (including phenoxy) is 1. The van der Waals surface area contributed by atoms with Gasteiger partial charge in [-0.2, -0.15) is 17.6 Å². The van der Waals surface area contributed by atoms with Crippen LogP contribution in [0.25, 0.3) is 0 Å². The average molecular weight is 363 g/mol. The number of alkyl halides is 4. The fourth-order valence-electron chi connectivity index (χ4n) is 2.24. The van der Waals surface area contributed by atoms with Crippen molar-refractivity contribution in [3.63, 3.8) is 0 Å². The smallest absolute Gasteiger partial charge is 0.371 e. The molecule has 1 rings (SSSR count). The van der Waals surface area contributed by atoms with Crippen LogP contribution in [0, 0.1) is 11.8 Å². The van der Waals surface area contributed by atoms with Gasteiger partial charge in [0.15, 0.2) is 0 Å². The highest BCUT2D eigenvalue weighted by Gasteiger charge is 2.57. The van der Waals surface area contributed by atoms with Crippen LogP contribution in [-0.2, 0) is 25.4 Å². The molecule has 0 heterocycles. The minimum absolute atomic E-state index is 0.201. The first kappa shape index (κ1) is 19.8. The van der Waals surface area contributed by atoms with Crippen LogP contribution in [0.4, 0.5) is 17.6 Å². The molecule has 0 aromatic rings. The summed E-state index contributed by atoms with van der Waals surface area (Å²) in [5.74, 6) is -7.97. The van der Waals surface area contributed by atoms with Gasteiger partial charge in [0.2, 0.25) is 0 Å². The number of aliphatic carboxylic acids is 1. The van der Waals surface area contributed by atoms with Crippen molar-refractivity contribution < 1.29 is 45.8 Å². The second kappa shape index (κ2) is 7.56. The topological polar surface area (TPSA) is 104 Å². The van der Waals surface area contributed by atoms with E-state index >= 15 is 0 Å². The van der Waals surface area contributed by atoms with Crippen LogP contribution < -0.4 is 0 Å². The maximum Gasteiger partial charge on any atom is 0.371 e. The first-order valence-corrected chi connectivity index (χ1v) is 7.81. The van der Waals surface area contributed by atoms with Gasteiger partial charge in [-0.1, -0.05) is 0 Å². The molecule has 0 bridgehead atoms. The zero-order valence-electron chi connectivity index (χ0n) is 11.8. The maximum atomic E-state index is 13.1. The molecule has 0 spiro atoms. The van der Waals surface area contributed by atoms with Crippen molar-refractivity contribution in [2.75, 3.05) is 6.61 Å². The van der Waals surface area contributed by atoms with Gasteiger partial charge in [0.1, 0.15) is 0 Å². The van der Waals surface area contributed by atoms with Crippen molar-refractivity contribution in [2.24, 2.45) is 11.8 Å². The van der Waals surface area contributed by atoms with Gasteiger partial charge in [0.05, 0.1) is 24.9 Å². The highest BCUT2D eigenvalue weighted by molar-refractivity contribution is 7.80. The van der Waals surface area contributed by atoms with Gasteiger partial charge in [0.25, 0.3) is 0 Å². The Morgan fingerprint density at radius 2 is 1.61 bits per heavy atom. The van der Waals surface area contributed by atoms with E-state index in [1.165, 1.54) is 0 Å². The number of esters is 1. The highest BCUT2D eigenvalue weighted by atomic mass is 32.2. The van der Waals surface area contributed by atoms with Gasteiger partial charge in [-0.25, -0.2) is 0 Å². The van der Waals surface area contributed by atoms with E-state index in [2.05, 4.69) is 4.74 Å². The molecule has 1 atom stereocenters. The van der Waals surface area contributed by atoms with Gasteiger partial charge in [-0.3, -0.25) is 13.8 Å².